The van der Waals surface area contributed by atoms with Crippen molar-refractivity contribution in [1.29, 1.82) is 0 Å². The molecular formula is C25H32O8. The van der Waals surface area contributed by atoms with E-state index in [-0.39, 0.29) is 49.2 Å². The van der Waals surface area contributed by atoms with E-state index in [1.165, 1.54) is 0 Å². The van der Waals surface area contributed by atoms with Crippen molar-refractivity contribution in [1.82, 2.24) is 0 Å². The Morgan fingerprint density at radius 1 is 1.18 bits per heavy atom. The summed E-state index contributed by atoms with van der Waals surface area (Å²) >= 11 is 0. The highest BCUT2D eigenvalue weighted by molar-refractivity contribution is 6.01. The van der Waals surface area contributed by atoms with Gasteiger partial charge in [-0.2, -0.15) is 0 Å². The Balaban J connectivity index is 1.53. The molecule has 0 aromatic carbocycles. The van der Waals surface area contributed by atoms with E-state index in [4.69, 9.17) is 9.84 Å². The first-order chi connectivity index (χ1) is 15.4. The number of hydrogen-bond acceptors (Lipinski definition) is 7. The van der Waals surface area contributed by atoms with Gasteiger partial charge in [-0.05, 0) is 56.1 Å². The summed E-state index contributed by atoms with van der Waals surface area (Å²) in [6.45, 7) is 3.30. The maximum atomic E-state index is 13.1. The van der Waals surface area contributed by atoms with Gasteiger partial charge in [-0.15, -0.1) is 0 Å². The molecule has 4 rings (SSSR count). The van der Waals surface area contributed by atoms with Crippen molar-refractivity contribution in [2.24, 2.45) is 28.6 Å². The van der Waals surface area contributed by atoms with E-state index >= 15 is 0 Å². The van der Waals surface area contributed by atoms with E-state index in [9.17, 15) is 29.4 Å². The van der Waals surface area contributed by atoms with E-state index in [2.05, 4.69) is 6.92 Å². The molecule has 0 aromatic heterocycles. The van der Waals surface area contributed by atoms with Crippen LogP contribution in [-0.4, -0.2) is 57.1 Å². The molecule has 3 fully saturated rings. The molecule has 3 saturated carbocycles. The lowest BCUT2D eigenvalue weighted by Crippen LogP contribution is -2.61. The molecule has 8 nitrogen and oxygen atoms in total. The Hall–Kier alpha value is -2.32. The molecule has 0 aromatic rings. The molecule has 0 bridgehead atoms. The normalized spacial score (nSPS) is 41.5. The maximum Gasteiger partial charge on any atom is 0.306 e. The number of carbonyl (C=O) groups excluding carboxylic acids is 3. The summed E-state index contributed by atoms with van der Waals surface area (Å²) < 4.78 is 4.96. The number of carboxylic acid groups (broad SMARTS) is 1. The Morgan fingerprint density at radius 3 is 2.61 bits per heavy atom. The van der Waals surface area contributed by atoms with E-state index in [0.717, 1.165) is 18.4 Å². The molecular weight excluding hydrogens is 428 g/mol. The number of aliphatic carboxylic acids is 1. The van der Waals surface area contributed by atoms with Gasteiger partial charge in [0.1, 0.15) is 5.60 Å². The van der Waals surface area contributed by atoms with Crippen LogP contribution in [0.15, 0.2) is 23.8 Å². The summed E-state index contributed by atoms with van der Waals surface area (Å²) in [5.74, 6) is -2.58. The van der Waals surface area contributed by atoms with E-state index in [1.54, 1.807) is 12.2 Å². The van der Waals surface area contributed by atoms with Crippen LogP contribution in [0.3, 0.4) is 0 Å². The zero-order valence-corrected chi connectivity index (χ0v) is 19.1. The molecule has 7 atom stereocenters. The van der Waals surface area contributed by atoms with Crippen LogP contribution in [0.25, 0.3) is 0 Å². The summed E-state index contributed by atoms with van der Waals surface area (Å²) in [5, 5.41) is 31.6. The number of esters is 1. The molecule has 180 valence electrons. The van der Waals surface area contributed by atoms with Crippen LogP contribution in [0, 0.1) is 28.6 Å². The molecule has 0 heterocycles. The quantitative estimate of drug-likeness (QED) is 0.512. The molecule has 0 saturated heterocycles. The highest BCUT2D eigenvalue weighted by Crippen LogP contribution is 2.67. The Bertz CT molecular complexity index is 950. The SMILES string of the molecule is C[C@]12C=CC(=O)C=C1CC[C@@H]1[C@@H]2[C@H](O)C[C@@]2(C)[C@H]1CC[C@@]2(O)C(=O)COC(=O)CCC(=O)O. The van der Waals surface area contributed by atoms with Crippen molar-refractivity contribution >= 4 is 23.5 Å². The zero-order valence-electron chi connectivity index (χ0n) is 19.1. The van der Waals surface area contributed by atoms with Crippen molar-refractivity contribution in [2.75, 3.05) is 6.61 Å². The lowest BCUT2D eigenvalue weighted by atomic mass is 9.46. The fourth-order valence-corrected chi connectivity index (χ4v) is 7.34. The monoisotopic (exact) mass is 460 g/mol. The second kappa shape index (κ2) is 8.17. The minimum absolute atomic E-state index is 0.00645. The van der Waals surface area contributed by atoms with Crippen LogP contribution in [0.2, 0.25) is 0 Å². The molecule has 8 heteroatoms. The summed E-state index contributed by atoms with van der Waals surface area (Å²) in [5.41, 5.74) is -1.99. The molecule has 4 aliphatic carbocycles. The minimum Gasteiger partial charge on any atom is -0.481 e. The van der Waals surface area contributed by atoms with Gasteiger partial charge in [0.15, 0.2) is 12.4 Å². The van der Waals surface area contributed by atoms with Gasteiger partial charge in [0.2, 0.25) is 5.78 Å². The van der Waals surface area contributed by atoms with Crippen LogP contribution in [0.4, 0.5) is 0 Å². The van der Waals surface area contributed by atoms with E-state index in [1.807, 2.05) is 13.0 Å². The average Bonchev–Trinajstić information content (AvgIpc) is 3.02. The summed E-state index contributed by atoms with van der Waals surface area (Å²) in [7, 11) is 0. The number of rotatable bonds is 6. The predicted molar refractivity (Wildman–Crippen MR) is 116 cm³/mol. The largest absolute Gasteiger partial charge is 0.481 e. The van der Waals surface area contributed by atoms with Crippen molar-refractivity contribution < 1.29 is 39.2 Å². The third-order valence-corrected chi connectivity index (χ3v) is 9.02. The number of fused-ring (bicyclic) bond motifs is 5. The number of Topliss-reactive ketones (excluding diaryl/α,β-unsaturated/α-hetero) is 1. The number of allylic oxidation sites excluding steroid dienone is 4. The average molecular weight is 461 g/mol. The third kappa shape index (κ3) is 3.67. The van der Waals surface area contributed by atoms with Gasteiger partial charge >= 0.3 is 11.9 Å². The number of carbonyl (C=O) groups is 4. The van der Waals surface area contributed by atoms with Crippen molar-refractivity contribution in [2.45, 2.75) is 70.5 Å². The molecule has 0 amide bonds. The van der Waals surface area contributed by atoms with Gasteiger partial charge in [0.05, 0.1) is 18.9 Å². The first-order valence-electron chi connectivity index (χ1n) is 11.7. The fraction of sp³-hybridized carbons (Fsp3) is 0.680. The number of hydrogen-bond donors (Lipinski definition) is 3. The Labute approximate surface area is 192 Å². The van der Waals surface area contributed by atoms with Crippen molar-refractivity contribution in [3.05, 3.63) is 23.8 Å². The number of aliphatic hydroxyl groups is 2. The highest BCUT2D eigenvalue weighted by Gasteiger charge is 2.68. The Kier molecular flexibility index (Phi) is 5.90. The lowest BCUT2D eigenvalue weighted by molar-refractivity contribution is -0.181. The molecule has 0 spiro atoms. The molecule has 4 aliphatic rings. The minimum atomic E-state index is -1.73. The van der Waals surface area contributed by atoms with Gasteiger partial charge in [0.25, 0.3) is 0 Å². The second-order valence-electron chi connectivity index (χ2n) is 10.6. The third-order valence-electron chi connectivity index (χ3n) is 9.02. The molecule has 3 N–H and O–H groups in total. The van der Waals surface area contributed by atoms with E-state index < -0.39 is 46.9 Å². The first-order valence-corrected chi connectivity index (χ1v) is 11.7. The van der Waals surface area contributed by atoms with Gasteiger partial charge in [0, 0.05) is 16.7 Å². The second-order valence-corrected chi connectivity index (χ2v) is 10.6. The van der Waals surface area contributed by atoms with Crippen molar-refractivity contribution in [3.63, 3.8) is 0 Å². The number of ether oxygens (including phenoxy) is 1. The van der Waals surface area contributed by atoms with Crippen LogP contribution in [-0.2, 0) is 23.9 Å². The van der Waals surface area contributed by atoms with Crippen LogP contribution in [0.5, 0.6) is 0 Å². The highest BCUT2D eigenvalue weighted by atomic mass is 16.5. The molecule has 0 aliphatic heterocycles. The van der Waals surface area contributed by atoms with Gasteiger partial charge < -0.3 is 20.1 Å². The topological polar surface area (TPSA) is 138 Å². The van der Waals surface area contributed by atoms with Crippen molar-refractivity contribution in [3.8, 4) is 0 Å². The lowest BCUT2D eigenvalue weighted by Gasteiger charge is -2.59. The zero-order chi connectivity index (χ0) is 24.2. The number of ketones is 2. The number of aliphatic hydroxyl groups excluding tert-OH is 1. The van der Waals surface area contributed by atoms with Gasteiger partial charge in [-0.25, -0.2) is 0 Å². The first kappa shape index (κ1) is 23.8. The van der Waals surface area contributed by atoms with E-state index in [0.29, 0.717) is 6.42 Å². The van der Waals surface area contributed by atoms with Gasteiger partial charge in [-0.1, -0.05) is 25.5 Å². The molecule has 0 unspecified atom stereocenters. The fourth-order valence-electron chi connectivity index (χ4n) is 7.34. The maximum absolute atomic E-state index is 13.1. The Morgan fingerprint density at radius 2 is 1.91 bits per heavy atom. The molecule has 0 radical (unpaired) electrons. The molecule has 33 heavy (non-hydrogen) atoms. The number of carboxylic acids is 1. The van der Waals surface area contributed by atoms with Crippen LogP contribution in [0.1, 0.15) is 58.8 Å². The van der Waals surface area contributed by atoms with Crippen LogP contribution >= 0.6 is 0 Å². The standard InChI is InChI=1S/C25H32O8/c1-23-9-7-15(26)11-14(23)3-4-16-17-8-10-25(32,24(17,2)12-18(27)22(16)23)19(28)13-33-21(31)6-5-20(29)30/h7,9,11,16-18,22,27,32H,3-6,8,10,12-13H2,1-2H3,(H,29,30)/t16-,17-,18+,22+,23-,24-,25+/m0/s1. The van der Waals surface area contributed by atoms with Crippen LogP contribution < -0.4 is 0 Å². The van der Waals surface area contributed by atoms with Gasteiger partial charge in [-0.3, -0.25) is 19.2 Å². The summed E-state index contributed by atoms with van der Waals surface area (Å²) in [6.07, 6.45) is 6.27. The smallest absolute Gasteiger partial charge is 0.306 e. The summed E-state index contributed by atoms with van der Waals surface area (Å²) in [4.78, 5) is 47.4. The predicted octanol–water partition coefficient (Wildman–Crippen LogP) is 1.97. The summed E-state index contributed by atoms with van der Waals surface area (Å²) in [6, 6.07) is 0.